The highest BCUT2D eigenvalue weighted by Gasteiger charge is 2.31. The summed E-state index contributed by atoms with van der Waals surface area (Å²) in [5, 5.41) is 4.08. The Kier molecular flexibility index (Phi) is 6.38. The molecule has 34 heavy (non-hydrogen) atoms. The highest BCUT2D eigenvalue weighted by atomic mass is 19.4. The van der Waals surface area contributed by atoms with Gasteiger partial charge in [-0.25, -0.2) is 9.97 Å². The van der Waals surface area contributed by atoms with Gasteiger partial charge in [0.25, 0.3) is 0 Å². The van der Waals surface area contributed by atoms with Crippen molar-refractivity contribution in [1.82, 2.24) is 14.9 Å². The number of aromatic nitrogens is 2. The zero-order valence-electron chi connectivity index (χ0n) is 19.4. The highest BCUT2D eigenvalue weighted by Crippen LogP contribution is 2.35. The van der Waals surface area contributed by atoms with E-state index in [4.69, 9.17) is 5.73 Å². The van der Waals surface area contributed by atoms with E-state index in [0.29, 0.717) is 23.1 Å². The maximum atomic E-state index is 13.3. The number of carbonyl (C=O) groups excluding carboxylic acids is 1. The van der Waals surface area contributed by atoms with E-state index in [1.807, 2.05) is 11.0 Å². The van der Waals surface area contributed by atoms with Crippen LogP contribution < -0.4 is 11.1 Å². The molecular formula is C25H28F3N5O. The fourth-order valence-electron chi connectivity index (χ4n) is 4.53. The summed E-state index contributed by atoms with van der Waals surface area (Å²) >= 11 is 0. The molecule has 1 aliphatic rings. The maximum Gasteiger partial charge on any atom is 0.416 e. The molecule has 180 valence electrons. The number of piperidine rings is 1. The third-order valence-electron chi connectivity index (χ3n) is 6.40. The van der Waals surface area contributed by atoms with Crippen LogP contribution in [-0.2, 0) is 11.0 Å². The number of likely N-dealkylation sites (tertiary alicyclic amines) is 1. The summed E-state index contributed by atoms with van der Waals surface area (Å²) in [4.78, 5) is 22.6. The lowest BCUT2D eigenvalue weighted by Gasteiger charge is -2.31. The van der Waals surface area contributed by atoms with Crippen LogP contribution in [0, 0.1) is 6.92 Å². The largest absolute Gasteiger partial charge is 0.416 e. The molecule has 1 saturated heterocycles. The van der Waals surface area contributed by atoms with Gasteiger partial charge in [-0.05, 0) is 74.1 Å². The summed E-state index contributed by atoms with van der Waals surface area (Å²) in [7, 11) is 0. The minimum Gasteiger partial charge on any atom is -0.399 e. The van der Waals surface area contributed by atoms with E-state index in [1.54, 1.807) is 20.8 Å². The lowest BCUT2D eigenvalue weighted by Crippen LogP contribution is -2.36. The van der Waals surface area contributed by atoms with Crippen LogP contribution in [-0.4, -0.2) is 33.9 Å². The summed E-state index contributed by atoms with van der Waals surface area (Å²) in [5.41, 5.74) is 7.35. The number of fused-ring (bicyclic) bond motifs is 1. The highest BCUT2D eigenvalue weighted by molar-refractivity contribution is 5.90. The topological polar surface area (TPSA) is 84.1 Å². The first-order valence-corrected chi connectivity index (χ1v) is 11.3. The number of benzene rings is 2. The Morgan fingerprint density at radius 2 is 1.85 bits per heavy atom. The zero-order chi connectivity index (χ0) is 24.6. The molecule has 9 heteroatoms. The molecule has 1 aromatic heterocycles. The summed E-state index contributed by atoms with van der Waals surface area (Å²) in [6.07, 6.45) is -2.73. The maximum absolute atomic E-state index is 13.3. The molecule has 1 atom stereocenters. The van der Waals surface area contributed by atoms with Gasteiger partial charge in [0.2, 0.25) is 5.91 Å². The van der Waals surface area contributed by atoms with E-state index < -0.39 is 17.8 Å². The molecule has 6 nitrogen and oxygen atoms in total. The molecule has 3 aromatic rings. The average Bonchev–Trinajstić information content (AvgIpc) is 2.77. The first kappa shape index (κ1) is 23.8. The summed E-state index contributed by atoms with van der Waals surface area (Å²) in [6.45, 7) is 6.60. The van der Waals surface area contributed by atoms with E-state index in [0.717, 1.165) is 54.5 Å². The molecular weight excluding hydrogens is 443 g/mol. The number of carbonyl (C=O) groups is 1. The number of alkyl halides is 3. The number of hydrogen-bond acceptors (Lipinski definition) is 5. The van der Waals surface area contributed by atoms with Crippen molar-refractivity contribution in [2.24, 2.45) is 0 Å². The quantitative estimate of drug-likeness (QED) is 0.495. The molecule has 2 aromatic carbocycles. The van der Waals surface area contributed by atoms with Crippen molar-refractivity contribution in [2.45, 2.75) is 51.7 Å². The van der Waals surface area contributed by atoms with Gasteiger partial charge in [0.05, 0.1) is 17.1 Å². The Bertz CT molecular complexity index is 1220. The average molecular weight is 472 g/mol. The predicted octanol–water partition coefficient (Wildman–Crippen LogP) is 5.44. The number of hydrogen-bond donors (Lipinski definition) is 2. The Labute approximate surface area is 196 Å². The van der Waals surface area contributed by atoms with E-state index in [1.165, 1.54) is 6.07 Å². The smallest absolute Gasteiger partial charge is 0.399 e. The van der Waals surface area contributed by atoms with Crippen LogP contribution in [0.2, 0.25) is 0 Å². The van der Waals surface area contributed by atoms with Crippen molar-refractivity contribution in [3.63, 3.8) is 0 Å². The van der Waals surface area contributed by atoms with Gasteiger partial charge in [-0.3, -0.25) is 4.79 Å². The number of nitrogens with zero attached hydrogens (tertiary/aromatic N) is 3. The third kappa shape index (κ3) is 5.08. The van der Waals surface area contributed by atoms with E-state index in [2.05, 4.69) is 27.4 Å². The Morgan fingerprint density at radius 1 is 1.15 bits per heavy atom. The molecule has 0 unspecified atom stereocenters. The van der Waals surface area contributed by atoms with Crippen molar-refractivity contribution < 1.29 is 18.0 Å². The molecule has 1 aliphatic heterocycles. The first-order valence-electron chi connectivity index (χ1n) is 11.3. The van der Waals surface area contributed by atoms with Crippen LogP contribution >= 0.6 is 0 Å². The fourth-order valence-corrected chi connectivity index (χ4v) is 4.53. The molecule has 2 heterocycles. The van der Waals surface area contributed by atoms with Crippen LogP contribution in [0.1, 0.15) is 61.2 Å². The van der Waals surface area contributed by atoms with Gasteiger partial charge in [-0.1, -0.05) is 6.07 Å². The van der Waals surface area contributed by atoms with E-state index in [-0.39, 0.29) is 11.6 Å². The molecule has 0 aliphatic carbocycles. The lowest BCUT2D eigenvalue weighted by molar-refractivity contribution is -0.137. The number of aryl methyl sites for hydroxylation is 1. The molecule has 3 N–H and O–H groups in total. The van der Waals surface area contributed by atoms with E-state index in [9.17, 15) is 18.0 Å². The van der Waals surface area contributed by atoms with Gasteiger partial charge in [0.15, 0.2) is 0 Å². The SMILES string of the molecule is CC(=O)N1CCC(c2ccc3nc(C)nc(N[C@@H](C)c4cc(N)cc(C(F)(F)F)c4)c3c2)CC1. The van der Waals surface area contributed by atoms with Crippen molar-refractivity contribution in [3.8, 4) is 0 Å². The number of anilines is 2. The second-order valence-electron chi connectivity index (χ2n) is 8.93. The second-order valence-corrected chi connectivity index (χ2v) is 8.93. The molecule has 0 bridgehead atoms. The Morgan fingerprint density at radius 3 is 2.50 bits per heavy atom. The first-order chi connectivity index (χ1) is 16.0. The van der Waals surface area contributed by atoms with Crippen LogP contribution in [0.5, 0.6) is 0 Å². The monoisotopic (exact) mass is 471 g/mol. The van der Waals surface area contributed by atoms with Crippen molar-refractivity contribution in [1.29, 1.82) is 0 Å². The van der Waals surface area contributed by atoms with E-state index >= 15 is 0 Å². The number of nitrogens with one attached hydrogen (secondary N) is 1. The fraction of sp³-hybridized carbons (Fsp3) is 0.400. The number of nitrogens with two attached hydrogens (primary N) is 1. The van der Waals surface area contributed by atoms with Crippen molar-refractivity contribution in [2.75, 3.05) is 24.1 Å². The summed E-state index contributed by atoms with van der Waals surface area (Å²) in [5.74, 6) is 1.54. The molecule has 1 fully saturated rings. The van der Waals surface area contributed by atoms with Gasteiger partial charge >= 0.3 is 6.18 Å². The lowest BCUT2D eigenvalue weighted by atomic mass is 9.88. The Hall–Kier alpha value is -3.36. The second kappa shape index (κ2) is 9.12. The van der Waals surface area contributed by atoms with Gasteiger partial charge in [-0.2, -0.15) is 13.2 Å². The normalized spacial score (nSPS) is 16.0. The molecule has 4 rings (SSSR count). The predicted molar refractivity (Wildman–Crippen MR) is 126 cm³/mol. The van der Waals surface area contributed by atoms with Crippen LogP contribution in [0.3, 0.4) is 0 Å². The molecule has 1 amide bonds. The van der Waals surface area contributed by atoms with Gasteiger partial charge in [0.1, 0.15) is 11.6 Å². The Balaban J connectivity index is 1.64. The van der Waals surface area contributed by atoms with Crippen molar-refractivity contribution in [3.05, 3.63) is 58.9 Å². The molecule has 0 spiro atoms. The van der Waals surface area contributed by atoms with Crippen LogP contribution in [0.15, 0.2) is 36.4 Å². The number of halogens is 3. The number of amides is 1. The van der Waals surface area contributed by atoms with Gasteiger partial charge in [-0.15, -0.1) is 0 Å². The zero-order valence-corrected chi connectivity index (χ0v) is 19.4. The minimum absolute atomic E-state index is 0.0568. The standard InChI is InChI=1S/C25H28F3N5O/c1-14(19-10-20(25(26,27)28)13-21(29)11-19)30-24-22-12-18(4-5-23(22)31-15(2)32-24)17-6-8-33(9-7-17)16(3)34/h4-5,10-14,17H,6-9,29H2,1-3H3,(H,30,31,32)/t14-/m0/s1. The van der Waals surface area contributed by atoms with Crippen molar-refractivity contribution >= 4 is 28.3 Å². The molecule has 0 saturated carbocycles. The van der Waals surface area contributed by atoms with Gasteiger partial charge in [0, 0.05) is 31.1 Å². The van der Waals surface area contributed by atoms with Crippen LogP contribution in [0.4, 0.5) is 24.7 Å². The number of nitrogen functional groups attached to an aromatic ring is 1. The minimum atomic E-state index is -4.48. The van der Waals surface area contributed by atoms with Crippen LogP contribution in [0.25, 0.3) is 10.9 Å². The molecule has 0 radical (unpaired) electrons. The number of rotatable bonds is 4. The summed E-state index contributed by atoms with van der Waals surface area (Å²) < 4.78 is 39.8. The summed E-state index contributed by atoms with van der Waals surface area (Å²) in [6, 6.07) is 9.18. The third-order valence-corrected chi connectivity index (χ3v) is 6.40. The van der Waals surface area contributed by atoms with Gasteiger partial charge < -0.3 is 16.0 Å².